The molecule has 1 radical (unpaired) electrons. The fourth-order valence-electron chi connectivity index (χ4n) is 4.55. The van der Waals surface area contributed by atoms with Crippen LogP contribution in [0.2, 0.25) is 0 Å². The topological polar surface area (TPSA) is 57.9 Å². The molecule has 0 aromatic heterocycles. The summed E-state index contributed by atoms with van der Waals surface area (Å²) in [5, 5.41) is 0. The van der Waals surface area contributed by atoms with Crippen molar-refractivity contribution in [2.45, 2.75) is 84.5 Å². The highest BCUT2D eigenvalue weighted by molar-refractivity contribution is 6.29. The van der Waals surface area contributed by atoms with Crippen LogP contribution < -0.4 is 5.73 Å². The Labute approximate surface area is 182 Å². The first-order valence-corrected chi connectivity index (χ1v) is 11.9. The van der Waals surface area contributed by atoms with Gasteiger partial charge in [0.1, 0.15) is 0 Å². The normalized spacial score (nSPS) is 17.4. The van der Waals surface area contributed by atoms with Crippen LogP contribution in [0.1, 0.15) is 90.0 Å². The van der Waals surface area contributed by atoms with E-state index in [1.807, 2.05) is 36.4 Å². The largest absolute Gasteiger partial charge is 0.293 e. The maximum Gasteiger partial charge on any atom is 0.270 e. The number of amides is 1. The molecule has 30 heavy (non-hydrogen) atoms. The molecule has 0 saturated heterocycles. The lowest BCUT2D eigenvalue weighted by Crippen LogP contribution is -2.27. The quantitative estimate of drug-likeness (QED) is 0.313. The van der Waals surface area contributed by atoms with Gasteiger partial charge in [-0.1, -0.05) is 114 Å². The molecule has 1 aliphatic carbocycles. The Morgan fingerprint density at radius 3 is 2.13 bits per heavy atom. The fourth-order valence-corrected chi connectivity index (χ4v) is 4.55. The maximum absolute atomic E-state index is 13.4. The number of carbonyl (C=O) groups is 2. The van der Waals surface area contributed by atoms with Crippen molar-refractivity contribution in [3.8, 4) is 0 Å². The van der Waals surface area contributed by atoms with Gasteiger partial charge in [0.2, 0.25) is 0 Å². The Bertz CT molecular complexity index is 732. The second kappa shape index (κ2) is 13.2. The number of nitrogens with one attached hydrogen (secondary N) is 1. The zero-order chi connectivity index (χ0) is 21.8. The van der Waals surface area contributed by atoms with E-state index in [9.17, 15) is 9.59 Å². The number of unbranched alkanes of at least 4 members (excludes halogenated alkanes) is 7. The van der Waals surface area contributed by atoms with Crippen molar-refractivity contribution >= 4 is 17.3 Å². The molecule has 1 aromatic rings. The van der Waals surface area contributed by atoms with E-state index >= 15 is 0 Å². The first-order valence-electron chi connectivity index (χ1n) is 11.9. The van der Waals surface area contributed by atoms with Crippen molar-refractivity contribution < 1.29 is 9.59 Å². The lowest BCUT2D eigenvalue weighted by Gasteiger charge is -2.28. The molecule has 0 fully saturated rings. The average Bonchev–Trinajstić information content (AvgIpc) is 2.75. The van der Waals surface area contributed by atoms with Crippen molar-refractivity contribution in [3.63, 3.8) is 0 Å². The Morgan fingerprint density at radius 1 is 0.900 bits per heavy atom. The standard InChI is InChI=1S/C27H38NO2/c1-3-5-6-7-8-9-10-12-16-21(15-4-2)23-19-20-24(27(28)30)25(26(23)29)22-17-13-11-14-18-22/h11,13-14,17-21,23,28H,3-10,12,15-16H2,1-2H3. The number of rotatable bonds is 14. The molecule has 1 N–H and O–H groups in total. The third-order valence-corrected chi connectivity index (χ3v) is 6.19. The van der Waals surface area contributed by atoms with Crippen LogP contribution in [0, 0.1) is 11.8 Å². The van der Waals surface area contributed by atoms with E-state index in [-0.39, 0.29) is 17.3 Å². The highest BCUT2D eigenvalue weighted by Crippen LogP contribution is 2.36. The summed E-state index contributed by atoms with van der Waals surface area (Å²) in [5.41, 5.74) is 9.02. The van der Waals surface area contributed by atoms with E-state index in [0.29, 0.717) is 11.5 Å². The van der Waals surface area contributed by atoms with Crippen molar-refractivity contribution in [1.29, 1.82) is 0 Å². The zero-order valence-electron chi connectivity index (χ0n) is 18.8. The summed E-state index contributed by atoms with van der Waals surface area (Å²) in [6.45, 7) is 4.42. The molecular formula is C27H38NO2. The molecule has 1 amide bonds. The Balaban J connectivity index is 2.02. The van der Waals surface area contributed by atoms with Crippen LogP contribution >= 0.6 is 0 Å². The van der Waals surface area contributed by atoms with Crippen LogP contribution in [-0.2, 0) is 9.59 Å². The number of hydrogen-bond donors (Lipinski definition) is 0. The number of ketones is 1. The minimum Gasteiger partial charge on any atom is -0.293 e. The van der Waals surface area contributed by atoms with Gasteiger partial charge < -0.3 is 0 Å². The maximum atomic E-state index is 13.4. The highest BCUT2D eigenvalue weighted by Gasteiger charge is 2.33. The molecule has 0 spiro atoms. The average molecular weight is 409 g/mol. The predicted molar refractivity (Wildman–Crippen MR) is 125 cm³/mol. The summed E-state index contributed by atoms with van der Waals surface area (Å²) in [6, 6.07) is 9.37. The first kappa shape index (κ1) is 24.1. The van der Waals surface area contributed by atoms with Crippen molar-refractivity contribution in [2.75, 3.05) is 0 Å². The summed E-state index contributed by atoms with van der Waals surface area (Å²) < 4.78 is 0. The summed E-state index contributed by atoms with van der Waals surface area (Å²) in [7, 11) is 0. The summed E-state index contributed by atoms with van der Waals surface area (Å²) >= 11 is 0. The third-order valence-electron chi connectivity index (χ3n) is 6.19. The minimum absolute atomic E-state index is 0.0114. The summed E-state index contributed by atoms with van der Waals surface area (Å²) in [6.07, 6.45) is 17.0. The minimum atomic E-state index is -0.785. The summed E-state index contributed by atoms with van der Waals surface area (Å²) in [5.74, 6) is -0.655. The van der Waals surface area contributed by atoms with Gasteiger partial charge >= 0.3 is 0 Å². The smallest absolute Gasteiger partial charge is 0.270 e. The van der Waals surface area contributed by atoms with Crippen LogP contribution in [0.4, 0.5) is 0 Å². The Morgan fingerprint density at radius 2 is 1.53 bits per heavy atom. The van der Waals surface area contributed by atoms with Crippen LogP contribution in [0.3, 0.4) is 0 Å². The zero-order valence-corrected chi connectivity index (χ0v) is 18.8. The van der Waals surface area contributed by atoms with E-state index < -0.39 is 5.91 Å². The van der Waals surface area contributed by atoms with Crippen LogP contribution in [-0.4, -0.2) is 11.7 Å². The molecule has 0 saturated carbocycles. The molecule has 3 heteroatoms. The van der Waals surface area contributed by atoms with Crippen LogP contribution in [0.15, 0.2) is 48.1 Å². The molecule has 2 atom stereocenters. The lowest BCUT2D eigenvalue weighted by atomic mass is 9.75. The molecule has 1 aliphatic rings. The molecule has 0 aliphatic heterocycles. The molecular weight excluding hydrogens is 370 g/mol. The molecule has 2 unspecified atom stereocenters. The van der Waals surface area contributed by atoms with Gasteiger partial charge in [0, 0.05) is 11.5 Å². The molecule has 1 aromatic carbocycles. The number of benzene rings is 1. The van der Waals surface area contributed by atoms with Crippen LogP contribution in [0.5, 0.6) is 0 Å². The van der Waals surface area contributed by atoms with E-state index in [2.05, 4.69) is 13.8 Å². The van der Waals surface area contributed by atoms with Crippen molar-refractivity contribution in [1.82, 2.24) is 5.73 Å². The number of allylic oxidation sites excluding steroid dienone is 2. The second-order valence-corrected chi connectivity index (χ2v) is 8.55. The summed E-state index contributed by atoms with van der Waals surface area (Å²) in [4.78, 5) is 25.3. The van der Waals surface area contributed by atoms with Gasteiger partial charge in [0.05, 0.1) is 5.57 Å². The third kappa shape index (κ3) is 6.97. The van der Waals surface area contributed by atoms with Gasteiger partial charge in [-0.2, -0.15) is 0 Å². The Hall–Kier alpha value is -2.16. The van der Waals surface area contributed by atoms with Crippen molar-refractivity contribution in [3.05, 3.63) is 53.6 Å². The van der Waals surface area contributed by atoms with Gasteiger partial charge in [-0.15, -0.1) is 0 Å². The first-order chi connectivity index (χ1) is 14.6. The predicted octanol–water partition coefficient (Wildman–Crippen LogP) is 6.95. The van der Waals surface area contributed by atoms with E-state index in [1.54, 1.807) is 6.08 Å². The van der Waals surface area contributed by atoms with Gasteiger partial charge in [0.15, 0.2) is 5.78 Å². The number of hydrogen-bond acceptors (Lipinski definition) is 2. The molecule has 3 nitrogen and oxygen atoms in total. The molecule has 2 rings (SSSR count). The Kier molecular flexibility index (Phi) is 10.6. The highest BCUT2D eigenvalue weighted by atomic mass is 16.1. The molecule has 0 heterocycles. The molecule has 163 valence electrons. The SMILES string of the molecule is CCCCCCCCCCC(CCC)C1C=CC(C([NH])=O)=C(c2ccccc2)C1=O. The van der Waals surface area contributed by atoms with Gasteiger partial charge in [-0.05, 0) is 24.3 Å². The van der Waals surface area contributed by atoms with E-state index in [4.69, 9.17) is 5.73 Å². The number of Topliss-reactive ketones (excluding diaryl/α,β-unsaturated/α-hetero) is 1. The molecule has 0 bridgehead atoms. The second-order valence-electron chi connectivity index (χ2n) is 8.55. The van der Waals surface area contributed by atoms with Crippen LogP contribution in [0.25, 0.3) is 5.57 Å². The fraction of sp³-hybridized carbons (Fsp3) is 0.556. The van der Waals surface area contributed by atoms with Gasteiger partial charge in [-0.3, -0.25) is 15.3 Å². The number of carbonyl (C=O) groups excluding carboxylic acids is 2. The lowest BCUT2D eigenvalue weighted by molar-refractivity contribution is -0.119. The van der Waals surface area contributed by atoms with Gasteiger partial charge in [-0.25, -0.2) is 0 Å². The van der Waals surface area contributed by atoms with E-state index in [1.165, 1.54) is 44.9 Å². The van der Waals surface area contributed by atoms with E-state index in [0.717, 1.165) is 31.2 Å². The van der Waals surface area contributed by atoms with Gasteiger partial charge in [0.25, 0.3) is 5.91 Å². The van der Waals surface area contributed by atoms with Crippen molar-refractivity contribution in [2.24, 2.45) is 11.8 Å². The monoisotopic (exact) mass is 408 g/mol.